The van der Waals surface area contributed by atoms with Gasteiger partial charge in [-0.15, -0.1) is 0 Å². The highest BCUT2D eigenvalue weighted by Gasteiger charge is 2.58. The van der Waals surface area contributed by atoms with Crippen LogP contribution in [0.4, 0.5) is 0 Å². The molecule has 0 aromatic carbocycles. The van der Waals surface area contributed by atoms with E-state index in [0.717, 1.165) is 18.7 Å². The van der Waals surface area contributed by atoms with Gasteiger partial charge in [0.1, 0.15) is 0 Å². The van der Waals surface area contributed by atoms with Gasteiger partial charge in [0, 0.05) is 24.1 Å². The smallest absolute Gasteiger partial charge is 0.0661 e. The van der Waals surface area contributed by atoms with E-state index in [1.807, 2.05) is 0 Å². The zero-order valence-corrected chi connectivity index (χ0v) is 13.4. The number of nitrogens with one attached hydrogen (secondary N) is 1. The second kappa shape index (κ2) is 6.33. The van der Waals surface area contributed by atoms with Gasteiger partial charge in [0.2, 0.25) is 0 Å². The molecule has 2 saturated carbocycles. The Bertz CT molecular complexity index is 308. The van der Waals surface area contributed by atoms with E-state index in [9.17, 15) is 0 Å². The van der Waals surface area contributed by atoms with Crippen LogP contribution in [0.1, 0.15) is 58.8 Å². The fourth-order valence-corrected chi connectivity index (χ4v) is 4.60. The van der Waals surface area contributed by atoms with Crippen LogP contribution in [0, 0.1) is 5.41 Å². The Balaban J connectivity index is 1.45. The minimum absolute atomic E-state index is 0.524. The summed E-state index contributed by atoms with van der Waals surface area (Å²) in [6, 6.07) is 1.50. The third kappa shape index (κ3) is 2.65. The molecule has 1 spiro atoms. The van der Waals surface area contributed by atoms with Crippen LogP contribution in [0.25, 0.3) is 0 Å². The van der Waals surface area contributed by atoms with Crippen molar-refractivity contribution in [1.82, 2.24) is 10.2 Å². The highest BCUT2D eigenvalue weighted by molar-refractivity contribution is 5.12. The predicted octanol–water partition coefficient (Wildman–Crippen LogP) is 2.80. The minimum Gasteiger partial charge on any atom is -0.378 e. The Morgan fingerprint density at radius 1 is 1.20 bits per heavy atom. The molecule has 1 heterocycles. The van der Waals surface area contributed by atoms with Gasteiger partial charge < -0.3 is 15.0 Å². The van der Waals surface area contributed by atoms with Crippen LogP contribution in [0.3, 0.4) is 0 Å². The van der Waals surface area contributed by atoms with Gasteiger partial charge in [0.05, 0.1) is 6.10 Å². The van der Waals surface area contributed by atoms with Gasteiger partial charge in [-0.3, -0.25) is 0 Å². The molecule has 0 amide bonds. The van der Waals surface area contributed by atoms with Crippen LogP contribution >= 0.6 is 0 Å². The molecule has 1 saturated heterocycles. The summed E-state index contributed by atoms with van der Waals surface area (Å²) in [4.78, 5) is 2.63. The van der Waals surface area contributed by atoms with Gasteiger partial charge in [0.15, 0.2) is 0 Å². The fraction of sp³-hybridized carbons (Fsp3) is 1.00. The van der Waals surface area contributed by atoms with Gasteiger partial charge in [-0.05, 0) is 65.1 Å². The summed E-state index contributed by atoms with van der Waals surface area (Å²) in [6.45, 7) is 9.17. The molecular weight excluding hydrogens is 248 g/mol. The monoisotopic (exact) mass is 280 g/mol. The lowest BCUT2D eigenvalue weighted by molar-refractivity contribution is -0.175. The summed E-state index contributed by atoms with van der Waals surface area (Å²) >= 11 is 0. The maximum Gasteiger partial charge on any atom is 0.0661 e. The van der Waals surface area contributed by atoms with Crippen LogP contribution in [-0.2, 0) is 4.74 Å². The molecule has 3 nitrogen and oxygen atoms in total. The molecule has 3 heteroatoms. The summed E-state index contributed by atoms with van der Waals surface area (Å²) < 4.78 is 5.96. The molecule has 1 N–H and O–H groups in total. The molecular formula is C17H32N2O. The standard InChI is InChI=1S/C17H32N2O/c1-3-10-19-11-6-14(7-12-19)18-15-13-16(20-4-2)17(15)8-5-9-17/h14-16,18H,3-13H2,1-2H3. The van der Waals surface area contributed by atoms with E-state index < -0.39 is 0 Å². The van der Waals surface area contributed by atoms with Crippen LogP contribution in [0.5, 0.6) is 0 Å². The lowest BCUT2D eigenvalue weighted by Crippen LogP contribution is -2.68. The molecule has 2 aliphatic carbocycles. The van der Waals surface area contributed by atoms with Crippen LogP contribution in [-0.4, -0.2) is 49.3 Å². The number of piperidine rings is 1. The maximum absolute atomic E-state index is 5.96. The van der Waals surface area contributed by atoms with Gasteiger partial charge in [0.25, 0.3) is 0 Å². The Hall–Kier alpha value is -0.120. The van der Waals surface area contributed by atoms with Crippen molar-refractivity contribution in [1.29, 1.82) is 0 Å². The Morgan fingerprint density at radius 2 is 1.95 bits per heavy atom. The second-order valence-corrected chi connectivity index (χ2v) is 7.10. The third-order valence-electron chi connectivity index (χ3n) is 6.00. The van der Waals surface area contributed by atoms with E-state index in [4.69, 9.17) is 4.74 Å². The van der Waals surface area contributed by atoms with E-state index in [1.165, 1.54) is 64.6 Å². The van der Waals surface area contributed by atoms with Gasteiger partial charge in [-0.25, -0.2) is 0 Å². The van der Waals surface area contributed by atoms with Crippen LogP contribution in [0.15, 0.2) is 0 Å². The molecule has 3 aliphatic rings. The number of rotatable bonds is 6. The molecule has 3 fully saturated rings. The average Bonchev–Trinajstić information content (AvgIpc) is 2.38. The SMILES string of the molecule is CCCN1CCC(NC2CC(OCC)C23CCC3)CC1. The second-order valence-electron chi connectivity index (χ2n) is 7.10. The third-order valence-corrected chi connectivity index (χ3v) is 6.00. The van der Waals surface area contributed by atoms with Crippen molar-refractivity contribution in [2.45, 2.75) is 77.0 Å². The Labute approximate surface area is 124 Å². The number of nitrogens with zero attached hydrogens (tertiary/aromatic N) is 1. The zero-order valence-electron chi connectivity index (χ0n) is 13.4. The summed E-state index contributed by atoms with van der Waals surface area (Å²) in [5.41, 5.74) is 0.524. The minimum atomic E-state index is 0.524. The lowest BCUT2D eigenvalue weighted by atomic mass is 9.51. The molecule has 20 heavy (non-hydrogen) atoms. The van der Waals surface area contributed by atoms with E-state index in [0.29, 0.717) is 11.5 Å². The maximum atomic E-state index is 5.96. The molecule has 3 rings (SSSR count). The average molecular weight is 280 g/mol. The topological polar surface area (TPSA) is 24.5 Å². The van der Waals surface area contributed by atoms with E-state index in [2.05, 4.69) is 24.1 Å². The van der Waals surface area contributed by atoms with E-state index in [1.54, 1.807) is 0 Å². The molecule has 0 radical (unpaired) electrons. The van der Waals surface area contributed by atoms with Crippen molar-refractivity contribution in [3.05, 3.63) is 0 Å². The molecule has 0 aromatic heterocycles. The number of hydrogen-bond donors (Lipinski definition) is 1. The van der Waals surface area contributed by atoms with Crippen molar-refractivity contribution >= 4 is 0 Å². The van der Waals surface area contributed by atoms with Crippen molar-refractivity contribution < 1.29 is 4.74 Å². The molecule has 0 aromatic rings. The van der Waals surface area contributed by atoms with Crippen molar-refractivity contribution in [2.75, 3.05) is 26.2 Å². The first-order chi connectivity index (χ1) is 9.78. The Morgan fingerprint density at radius 3 is 2.50 bits per heavy atom. The fourth-order valence-electron chi connectivity index (χ4n) is 4.60. The van der Waals surface area contributed by atoms with Crippen molar-refractivity contribution in [2.24, 2.45) is 5.41 Å². The van der Waals surface area contributed by atoms with Crippen LogP contribution < -0.4 is 5.32 Å². The molecule has 1 aliphatic heterocycles. The molecule has 0 bridgehead atoms. The summed E-state index contributed by atoms with van der Waals surface area (Å²) in [5, 5.41) is 3.99. The number of likely N-dealkylation sites (tertiary alicyclic amines) is 1. The first-order valence-electron chi connectivity index (χ1n) is 8.88. The highest BCUT2D eigenvalue weighted by atomic mass is 16.5. The predicted molar refractivity (Wildman–Crippen MR) is 83.0 cm³/mol. The van der Waals surface area contributed by atoms with Crippen LogP contribution in [0.2, 0.25) is 0 Å². The highest BCUT2D eigenvalue weighted by Crippen LogP contribution is 2.57. The summed E-state index contributed by atoms with van der Waals surface area (Å²) in [7, 11) is 0. The summed E-state index contributed by atoms with van der Waals surface area (Å²) in [5.74, 6) is 0. The largest absolute Gasteiger partial charge is 0.378 e. The quantitative estimate of drug-likeness (QED) is 0.810. The first-order valence-corrected chi connectivity index (χ1v) is 8.88. The van der Waals surface area contributed by atoms with Gasteiger partial charge in [-0.1, -0.05) is 13.3 Å². The zero-order chi connectivity index (χ0) is 14.0. The lowest BCUT2D eigenvalue weighted by Gasteiger charge is -2.62. The molecule has 2 atom stereocenters. The Kier molecular flexibility index (Phi) is 4.68. The number of ether oxygens (including phenoxy) is 1. The first kappa shape index (κ1) is 14.8. The molecule has 116 valence electrons. The summed E-state index contributed by atoms with van der Waals surface area (Å²) in [6.07, 6.45) is 9.98. The van der Waals surface area contributed by atoms with Gasteiger partial charge >= 0.3 is 0 Å². The van der Waals surface area contributed by atoms with E-state index in [-0.39, 0.29) is 0 Å². The van der Waals surface area contributed by atoms with E-state index >= 15 is 0 Å². The van der Waals surface area contributed by atoms with Crippen molar-refractivity contribution in [3.63, 3.8) is 0 Å². The normalized spacial score (nSPS) is 33.9. The van der Waals surface area contributed by atoms with Crippen molar-refractivity contribution in [3.8, 4) is 0 Å². The molecule has 2 unspecified atom stereocenters. The van der Waals surface area contributed by atoms with Gasteiger partial charge in [-0.2, -0.15) is 0 Å². The number of hydrogen-bond acceptors (Lipinski definition) is 3.